The average Bonchev–Trinajstić information content (AvgIpc) is 2.40. The molecule has 2 rings (SSSR count). The molecule has 2 aromatic rings. The summed E-state index contributed by atoms with van der Waals surface area (Å²) in [5.74, 6) is -0.414. The molecule has 3 N–H and O–H groups in total. The number of nitrogens with zero attached hydrogens (tertiary/aromatic N) is 2. The Morgan fingerprint density at radius 1 is 1.29 bits per heavy atom. The Bertz CT molecular complexity index is 720. The fourth-order valence-corrected chi connectivity index (χ4v) is 2.20. The Kier molecular flexibility index (Phi) is 4.08. The van der Waals surface area contributed by atoms with Crippen LogP contribution >= 0.6 is 15.9 Å². The third-order valence-electron chi connectivity index (χ3n) is 2.70. The molecule has 0 aliphatic heterocycles. The van der Waals surface area contributed by atoms with Gasteiger partial charge >= 0.3 is 6.03 Å². The Hall–Kier alpha value is -2.61. The van der Waals surface area contributed by atoms with Crippen LogP contribution in [0.25, 0.3) is 0 Å². The van der Waals surface area contributed by atoms with Gasteiger partial charge in [0.1, 0.15) is 5.75 Å². The number of nitro benzene ring substituents is 1. The standard InChI is InChI=1S/C13H10BrN3O4/c14-8-2-1-3-9(6-8)16(13(15)19)11-5-4-10(17(20)21)7-12(11)18/h1-7,18H,(H2,15,19). The number of hydrogen-bond acceptors (Lipinski definition) is 4. The van der Waals surface area contributed by atoms with Crippen molar-refractivity contribution >= 4 is 39.0 Å². The van der Waals surface area contributed by atoms with Crippen LogP contribution in [0, 0.1) is 10.1 Å². The third-order valence-corrected chi connectivity index (χ3v) is 3.19. The van der Waals surface area contributed by atoms with Crippen molar-refractivity contribution in [2.45, 2.75) is 0 Å². The lowest BCUT2D eigenvalue weighted by Crippen LogP contribution is -2.31. The SMILES string of the molecule is NC(=O)N(c1cccc(Br)c1)c1ccc([N+](=O)[O-])cc1O. The minimum Gasteiger partial charge on any atom is -0.505 e. The van der Waals surface area contributed by atoms with E-state index in [2.05, 4.69) is 15.9 Å². The molecule has 0 fully saturated rings. The number of amides is 2. The summed E-state index contributed by atoms with van der Waals surface area (Å²) in [5, 5.41) is 20.6. The fraction of sp³-hybridized carbons (Fsp3) is 0. The maximum Gasteiger partial charge on any atom is 0.324 e. The maximum atomic E-state index is 11.7. The van der Waals surface area contributed by atoms with Crippen LogP contribution in [-0.2, 0) is 0 Å². The molecular formula is C13H10BrN3O4. The van der Waals surface area contributed by atoms with Gasteiger partial charge in [-0.05, 0) is 24.3 Å². The third kappa shape index (κ3) is 3.11. The molecule has 0 heterocycles. The van der Waals surface area contributed by atoms with Gasteiger partial charge in [0, 0.05) is 10.5 Å². The first-order valence-electron chi connectivity index (χ1n) is 5.72. The Morgan fingerprint density at radius 3 is 2.52 bits per heavy atom. The van der Waals surface area contributed by atoms with Crippen LogP contribution in [0.2, 0.25) is 0 Å². The Balaban J connectivity index is 2.54. The number of benzene rings is 2. The van der Waals surface area contributed by atoms with Crippen LogP contribution in [0.3, 0.4) is 0 Å². The highest BCUT2D eigenvalue weighted by Gasteiger charge is 2.20. The summed E-state index contributed by atoms with van der Waals surface area (Å²) < 4.78 is 0.715. The molecule has 0 atom stereocenters. The molecule has 0 spiro atoms. The molecule has 0 aliphatic rings. The molecule has 0 unspecified atom stereocenters. The number of carbonyl (C=O) groups is 1. The predicted octanol–water partition coefficient (Wildman–Crippen LogP) is 3.28. The minimum atomic E-state index is -0.822. The number of hydrogen-bond donors (Lipinski definition) is 2. The van der Waals surface area contributed by atoms with E-state index in [9.17, 15) is 20.0 Å². The summed E-state index contributed by atoms with van der Waals surface area (Å²) in [4.78, 5) is 22.8. The van der Waals surface area contributed by atoms with E-state index in [4.69, 9.17) is 5.73 Å². The van der Waals surface area contributed by atoms with Crippen molar-refractivity contribution in [3.8, 4) is 5.75 Å². The van der Waals surface area contributed by atoms with Gasteiger partial charge < -0.3 is 10.8 Å². The van der Waals surface area contributed by atoms with E-state index in [-0.39, 0.29) is 11.4 Å². The molecule has 21 heavy (non-hydrogen) atoms. The van der Waals surface area contributed by atoms with Crippen molar-refractivity contribution in [1.29, 1.82) is 0 Å². The normalized spacial score (nSPS) is 10.1. The monoisotopic (exact) mass is 351 g/mol. The summed E-state index contributed by atoms with van der Waals surface area (Å²) in [6, 6.07) is 9.29. The van der Waals surface area contributed by atoms with Gasteiger partial charge in [-0.15, -0.1) is 0 Å². The van der Waals surface area contributed by atoms with Crippen LogP contribution in [0.1, 0.15) is 0 Å². The lowest BCUT2D eigenvalue weighted by Gasteiger charge is -2.21. The van der Waals surface area contributed by atoms with Crippen molar-refractivity contribution in [3.63, 3.8) is 0 Å². The van der Waals surface area contributed by atoms with E-state index < -0.39 is 16.7 Å². The van der Waals surface area contributed by atoms with Crippen LogP contribution in [0.5, 0.6) is 5.75 Å². The highest BCUT2D eigenvalue weighted by molar-refractivity contribution is 9.10. The zero-order valence-corrected chi connectivity index (χ0v) is 12.1. The molecule has 2 aromatic carbocycles. The number of anilines is 2. The first-order valence-corrected chi connectivity index (χ1v) is 6.52. The lowest BCUT2D eigenvalue weighted by atomic mass is 10.2. The van der Waals surface area contributed by atoms with Gasteiger partial charge in [-0.2, -0.15) is 0 Å². The van der Waals surface area contributed by atoms with Crippen LogP contribution < -0.4 is 10.6 Å². The van der Waals surface area contributed by atoms with E-state index in [1.165, 1.54) is 12.1 Å². The number of rotatable bonds is 3. The molecule has 8 heteroatoms. The Morgan fingerprint density at radius 2 is 2.00 bits per heavy atom. The summed E-state index contributed by atoms with van der Waals surface area (Å²) in [6.45, 7) is 0. The number of carbonyl (C=O) groups excluding carboxylic acids is 1. The molecular weight excluding hydrogens is 342 g/mol. The van der Waals surface area contributed by atoms with Crippen molar-refractivity contribution in [3.05, 3.63) is 57.1 Å². The number of primary amides is 1. The quantitative estimate of drug-likeness (QED) is 0.652. The largest absolute Gasteiger partial charge is 0.505 e. The molecule has 7 nitrogen and oxygen atoms in total. The number of non-ortho nitro benzene ring substituents is 1. The molecule has 2 amide bonds. The van der Waals surface area contributed by atoms with Gasteiger partial charge in [0.15, 0.2) is 0 Å². The zero-order chi connectivity index (χ0) is 15.6. The topological polar surface area (TPSA) is 110 Å². The van der Waals surface area contributed by atoms with E-state index >= 15 is 0 Å². The molecule has 0 saturated carbocycles. The van der Waals surface area contributed by atoms with Crippen molar-refractivity contribution in [2.75, 3.05) is 4.90 Å². The van der Waals surface area contributed by atoms with Gasteiger partial charge in [-0.1, -0.05) is 22.0 Å². The predicted molar refractivity (Wildman–Crippen MR) is 80.6 cm³/mol. The molecule has 0 saturated heterocycles. The second kappa shape index (κ2) is 5.80. The highest BCUT2D eigenvalue weighted by atomic mass is 79.9. The molecule has 0 aromatic heterocycles. The number of nitrogens with two attached hydrogens (primary N) is 1. The number of phenols is 1. The number of phenolic OH excluding ortho intramolecular Hbond substituents is 1. The van der Waals surface area contributed by atoms with Crippen molar-refractivity contribution in [2.24, 2.45) is 5.73 Å². The van der Waals surface area contributed by atoms with Crippen LogP contribution in [0.4, 0.5) is 21.9 Å². The molecule has 0 bridgehead atoms. The molecule has 0 radical (unpaired) electrons. The number of urea groups is 1. The van der Waals surface area contributed by atoms with E-state index in [1.54, 1.807) is 24.3 Å². The van der Waals surface area contributed by atoms with E-state index in [1.807, 2.05) is 0 Å². The van der Waals surface area contributed by atoms with E-state index in [0.29, 0.717) is 10.2 Å². The van der Waals surface area contributed by atoms with Crippen molar-refractivity contribution in [1.82, 2.24) is 0 Å². The number of nitro groups is 1. The minimum absolute atomic E-state index is 0.0613. The second-order valence-electron chi connectivity index (χ2n) is 4.08. The first-order chi connectivity index (χ1) is 9.90. The summed E-state index contributed by atoms with van der Waals surface area (Å²) in [7, 11) is 0. The maximum absolute atomic E-state index is 11.7. The second-order valence-corrected chi connectivity index (χ2v) is 5.00. The zero-order valence-electron chi connectivity index (χ0n) is 10.6. The molecule has 0 aliphatic carbocycles. The van der Waals surface area contributed by atoms with Gasteiger partial charge in [-0.25, -0.2) is 4.79 Å². The highest BCUT2D eigenvalue weighted by Crippen LogP contribution is 2.36. The molecule has 108 valence electrons. The van der Waals surface area contributed by atoms with Crippen LogP contribution in [0.15, 0.2) is 46.9 Å². The number of aromatic hydroxyl groups is 1. The fourth-order valence-electron chi connectivity index (χ4n) is 1.81. The summed E-state index contributed by atoms with van der Waals surface area (Å²) in [5.41, 5.74) is 5.54. The van der Waals surface area contributed by atoms with Crippen LogP contribution in [-0.4, -0.2) is 16.1 Å². The average molecular weight is 352 g/mol. The first kappa shape index (κ1) is 14.8. The van der Waals surface area contributed by atoms with Gasteiger partial charge in [0.05, 0.1) is 22.4 Å². The lowest BCUT2D eigenvalue weighted by molar-refractivity contribution is -0.384. The van der Waals surface area contributed by atoms with Gasteiger partial charge in [0.2, 0.25) is 0 Å². The Labute approximate surface area is 127 Å². The smallest absolute Gasteiger partial charge is 0.324 e. The van der Waals surface area contributed by atoms with E-state index in [0.717, 1.165) is 11.0 Å². The van der Waals surface area contributed by atoms with Crippen molar-refractivity contribution < 1.29 is 14.8 Å². The number of halogens is 1. The van der Waals surface area contributed by atoms with Gasteiger partial charge in [-0.3, -0.25) is 15.0 Å². The summed E-state index contributed by atoms with van der Waals surface area (Å²) in [6.07, 6.45) is 0. The van der Waals surface area contributed by atoms with Gasteiger partial charge in [0.25, 0.3) is 5.69 Å². The summed E-state index contributed by atoms with van der Waals surface area (Å²) >= 11 is 3.27.